The SMILES string of the molecule is O=C(NO)O[C@@H]1c2ccccc2CCN1S(=O)(=O)c1ccc(Oc2ccc(C(F)(F)F)cc2)cc1. The summed E-state index contributed by atoms with van der Waals surface area (Å²) in [6.45, 7) is 0.0204. The van der Waals surface area contributed by atoms with Gasteiger partial charge in [0.05, 0.1) is 10.5 Å². The van der Waals surface area contributed by atoms with E-state index >= 15 is 0 Å². The molecule has 35 heavy (non-hydrogen) atoms. The predicted molar refractivity (Wildman–Crippen MR) is 116 cm³/mol. The number of halogens is 3. The highest BCUT2D eigenvalue weighted by molar-refractivity contribution is 7.89. The first-order valence-electron chi connectivity index (χ1n) is 10.2. The number of hydrogen-bond acceptors (Lipinski definition) is 6. The van der Waals surface area contributed by atoms with Crippen LogP contribution in [0.1, 0.15) is 22.9 Å². The van der Waals surface area contributed by atoms with Gasteiger partial charge in [0.15, 0.2) is 6.23 Å². The summed E-state index contributed by atoms with van der Waals surface area (Å²) < 4.78 is 76.6. The Morgan fingerprint density at radius 2 is 1.57 bits per heavy atom. The van der Waals surface area contributed by atoms with Gasteiger partial charge in [-0.1, -0.05) is 24.3 Å². The molecule has 2 N–H and O–H groups in total. The minimum absolute atomic E-state index is 0.0204. The van der Waals surface area contributed by atoms with E-state index < -0.39 is 34.1 Å². The van der Waals surface area contributed by atoms with Gasteiger partial charge in [-0.15, -0.1) is 0 Å². The van der Waals surface area contributed by atoms with Crippen LogP contribution in [0.5, 0.6) is 11.5 Å². The molecule has 0 bridgehead atoms. The molecule has 0 saturated heterocycles. The maximum Gasteiger partial charge on any atom is 0.432 e. The zero-order valence-electron chi connectivity index (χ0n) is 17.9. The molecular weight excluding hydrogens is 489 g/mol. The van der Waals surface area contributed by atoms with Gasteiger partial charge in [-0.2, -0.15) is 17.5 Å². The summed E-state index contributed by atoms with van der Waals surface area (Å²) in [6, 6.07) is 16.2. The molecule has 1 amide bonds. The van der Waals surface area contributed by atoms with Crippen molar-refractivity contribution >= 4 is 16.1 Å². The van der Waals surface area contributed by atoms with Crippen molar-refractivity contribution in [1.82, 2.24) is 9.79 Å². The van der Waals surface area contributed by atoms with Gasteiger partial charge in [0, 0.05) is 12.1 Å². The number of hydrogen-bond donors (Lipinski definition) is 2. The van der Waals surface area contributed by atoms with Crippen LogP contribution in [0.2, 0.25) is 0 Å². The summed E-state index contributed by atoms with van der Waals surface area (Å²) in [7, 11) is -4.15. The van der Waals surface area contributed by atoms with Crippen molar-refractivity contribution in [3.63, 3.8) is 0 Å². The lowest BCUT2D eigenvalue weighted by Crippen LogP contribution is -2.43. The molecule has 1 aliphatic heterocycles. The molecule has 0 saturated carbocycles. The number of carbonyl (C=O) groups excluding carboxylic acids is 1. The standard InChI is InChI=1S/C23H19F3N2O6S/c24-23(25,26)16-5-7-17(8-6-16)33-18-9-11-19(12-10-18)35(31,32)28-14-13-15-3-1-2-4-20(15)21(28)34-22(29)27-30/h1-12,21,30H,13-14H2,(H,27,29)/t21-/m1/s1. The summed E-state index contributed by atoms with van der Waals surface area (Å²) >= 11 is 0. The molecule has 0 fully saturated rings. The van der Waals surface area contributed by atoms with E-state index in [1.165, 1.54) is 29.7 Å². The molecule has 3 aromatic rings. The summed E-state index contributed by atoms with van der Waals surface area (Å²) in [4.78, 5) is 11.6. The monoisotopic (exact) mass is 508 g/mol. The lowest BCUT2D eigenvalue weighted by Gasteiger charge is -2.35. The maximum atomic E-state index is 13.4. The molecule has 0 spiro atoms. The smallest absolute Gasteiger partial charge is 0.432 e. The third-order valence-electron chi connectivity index (χ3n) is 5.34. The first kappa shape index (κ1) is 24.5. The Bertz CT molecular complexity index is 1310. The lowest BCUT2D eigenvalue weighted by molar-refractivity contribution is -0.137. The van der Waals surface area contributed by atoms with Gasteiger partial charge in [0.25, 0.3) is 0 Å². The summed E-state index contributed by atoms with van der Waals surface area (Å²) in [5.74, 6) is 0.352. The number of amides is 1. The average Bonchev–Trinajstić information content (AvgIpc) is 2.84. The van der Waals surface area contributed by atoms with E-state index in [1.54, 1.807) is 24.3 Å². The molecule has 0 aliphatic carbocycles. The molecule has 3 aromatic carbocycles. The van der Waals surface area contributed by atoms with Crippen molar-refractivity contribution in [2.24, 2.45) is 0 Å². The summed E-state index contributed by atoms with van der Waals surface area (Å²) in [6.07, 6.45) is -6.61. The van der Waals surface area contributed by atoms with Crippen LogP contribution < -0.4 is 10.2 Å². The van der Waals surface area contributed by atoms with Crippen LogP contribution in [0, 0.1) is 0 Å². The fourth-order valence-electron chi connectivity index (χ4n) is 3.67. The van der Waals surface area contributed by atoms with Gasteiger partial charge in [-0.05, 0) is 60.5 Å². The average molecular weight is 508 g/mol. The number of ether oxygens (including phenoxy) is 2. The van der Waals surface area contributed by atoms with Crippen molar-refractivity contribution < 1.29 is 41.1 Å². The van der Waals surface area contributed by atoms with Crippen LogP contribution in [0.15, 0.2) is 77.7 Å². The molecule has 8 nitrogen and oxygen atoms in total. The number of hydroxylamine groups is 1. The molecule has 4 rings (SSSR count). The Kier molecular flexibility index (Phi) is 6.70. The third-order valence-corrected chi connectivity index (χ3v) is 7.20. The first-order chi connectivity index (χ1) is 16.6. The fourth-order valence-corrected chi connectivity index (χ4v) is 5.16. The number of carbonyl (C=O) groups is 1. The summed E-state index contributed by atoms with van der Waals surface area (Å²) in [5, 5.41) is 8.86. The largest absolute Gasteiger partial charge is 0.457 e. The molecular formula is C23H19F3N2O6S. The van der Waals surface area contributed by atoms with Crippen LogP contribution in [0.3, 0.4) is 0 Å². The minimum atomic E-state index is -4.47. The maximum absolute atomic E-state index is 13.4. The van der Waals surface area contributed by atoms with Gasteiger partial charge in [0.2, 0.25) is 10.0 Å². The Hall–Kier alpha value is -3.61. The van der Waals surface area contributed by atoms with E-state index in [1.807, 2.05) is 0 Å². The highest BCUT2D eigenvalue weighted by Crippen LogP contribution is 2.36. The van der Waals surface area contributed by atoms with Crippen molar-refractivity contribution in [2.45, 2.75) is 23.7 Å². The molecule has 0 radical (unpaired) electrons. The first-order valence-corrected chi connectivity index (χ1v) is 11.7. The number of nitrogens with one attached hydrogen (secondary N) is 1. The van der Waals surface area contributed by atoms with E-state index in [-0.39, 0.29) is 22.9 Å². The zero-order valence-corrected chi connectivity index (χ0v) is 18.7. The Labute approximate surface area is 198 Å². The van der Waals surface area contributed by atoms with Crippen molar-refractivity contribution in [3.05, 3.63) is 89.5 Å². The van der Waals surface area contributed by atoms with E-state index in [0.29, 0.717) is 12.0 Å². The van der Waals surface area contributed by atoms with Crippen LogP contribution in [0.25, 0.3) is 0 Å². The van der Waals surface area contributed by atoms with Gasteiger partial charge in [-0.25, -0.2) is 18.7 Å². The second-order valence-corrected chi connectivity index (χ2v) is 9.42. The van der Waals surface area contributed by atoms with Gasteiger partial charge >= 0.3 is 12.3 Å². The van der Waals surface area contributed by atoms with Crippen LogP contribution in [-0.4, -0.2) is 30.6 Å². The van der Waals surface area contributed by atoms with E-state index in [4.69, 9.17) is 14.7 Å². The second-order valence-electron chi connectivity index (χ2n) is 7.53. The topological polar surface area (TPSA) is 105 Å². The molecule has 184 valence electrons. The predicted octanol–water partition coefficient (Wildman–Crippen LogP) is 4.86. The van der Waals surface area contributed by atoms with E-state index in [0.717, 1.165) is 34.1 Å². The molecule has 0 unspecified atom stereocenters. The lowest BCUT2D eigenvalue weighted by atomic mass is 10.00. The number of benzene rings is 3. The Morgan fingerprint density at radius 1 is 0.971 bits per heavy atom. The Balaban J connectivity index is 1.56. The van der Waals surface area contributed by atoms with E-state index in [2.05, 4.69) is 0 Å². The molecule has 12 heteroatoms. The van der Waals surface area contributed by atoms with E-state index in [9.17, 15) is 26.4 Å². The number of sulfonamides is 1. The fraction of sp³-hybridized carbons (Fsp3) is 0.174. The molecule has 1 aliphatic rings. The van der Waals surface area contributed by atoms with Crippen LogP contribution in [0.4, 0.5) is 18.0 Å². The number of rotatable bonds is 5. The molecule has 1 atom stereocenters. The normalized spacial score (nSPS) is 16.3. The Morgan fingerprint density at radius 3 is 2.17 bits per heavy atom. The third kappa shape index (κ3) is 5.24. The van der Waals surface area contributed by atoms with Gasteiger partial charge in [-0.3, -0.25) is 5.21 Å². The number of nitrogens with zero attached hydrogens (tertiary/aromatic N) is 1. The van der Waals surface area contributed by atoms with Crippen LogP contribution in [-0.2, 0) is 27.4 Å². The zero-order chi connectivity index (χ0) is 25.2. The molecule has 1 heterocycles. The van der Waals surface area contributed by atoms with Crippen LogP contribution >= 0.6 is 0 Å². The quantitative estimate of drug-likeness (QED) is 0.377. The number of fused-ring (bicyclic) bond motifs is 1. The highest BCUT2D eigenvalue weighted by Gasteiger charge is 2.39. The minimum Gasteiger partial charge on any atom is -0.457 e. The van der Waals surface area contributed by atoms with Crippen molar-refractivity contribution in [3.8, 4) is 11.5 Å². The van der Waals surface area contributed by atoms with Gasteiger partial charge < -0.3 is 9.47 Å². The van der Waals surface area contributed by atoms with Gasteiger partial charge in [0.1, 0.15) is 11.5 Å². The number of alkyl halides is 3. The second kappa shape index (κ2) is 9.56. The van der Waals surface area contributed by atoms with Crippen molar-refractivity contribution in [1.29, 1.82) is 0 Å². The summed E-state index contributed by atoms with van der Waals surface area (Å²) in [5.41, 5.74) is 1.78. The molecule has 0 aromatic heterocycles. The van der Waals surface area contributed by atoms with Crippen molar-refractivity contribution in [2.75, 3.05) is 6.54 Å². The highest BCUT2D eigenvalue weighted by atomic mass is 32.2.